The maximum atomic E-state index is 15.7. The van der Waals surface area contributed by atoms with Crippen LogP contribution in [0.1, 0.15) is 57.0 Å². The summed E-state index contributed by atoms with van der Waals surface area (Å²) in [6, 6.07) is 8.68. The summed E-state index contributed by atoms with van der Waals surface area (Å²) in [5, 5.41) is 0.962. The van der Waals surface area contributed by atoms with Gasteiger partial charge in [0, 0.05) is 53.3 Å². The van der Waals surface area contributed by atoms with Crippen LogP contribution in [0.25, 0.3) is 10.9 Å². The van der Waals surface area contributed by atoms with E-state index in [1.54, 1.807) is 11.8 Å². The first-order valence-electron chi connectivity index (χ1n) is 14.6. The molecule has 0 radical (unpaired) electrons. The molecule has 1 N–H and O–H groups in total. The SMILES string of the molecule is CCOC(=O)COCC(F)(F)COCCCOc1cc(F)c([C@@H]2c3[nH]c4ccccc4c3C[C@@H](C)N2CC(C)(C)F)c(F)c1. The van der Waals surface area contributed by atoms with E-state index in [2.05, 4.69) is 14.5 Å². The second kappa shape index (κ2) is 14.3. The van der Waals surface area contributed by atoms with Crippen LogP contribution >= 0.6 is 0 Å². The van der Waals surface area contributed by atoms with E-state index < -0.39 is 55.1 Å². The number of ether oxygens (including phenoxy) is 4. The first-order valence-corrected chi connectivity index (χ1v) is 14.6. The molecule has 1 aromatic heterocycles. The highest BCUT2D eigenvalue weighted by molar-refractivity contribution is 5.85. The molecule has 12 heteroatoms. The highest BCUT2D eigenvalue weighted by atomic mass is 19.3. The summed E-state index contributed by atoms with van der Waals surface area (Å²) in [4.78, 5) is 16.3. The van der Waals surface area contributed by atoms with Gasteiger partial charge in [0.05, 0.1) is 25.9 Å². The lowest BCUT2D eigenvalue weighted by atomic mass is 9.87. The lowest BCUT2D eigenvalue weighted by Gasteiger charge is -2.43. The zero-order chi connectivity index (χ0) is 32.1. The zero-order valence-electron chi connectivity index (χ0n) is 25.4. The van der Waals surface area contributed by atoms with Crippen LogP contribution in [-0.2, 0) is 25.4 Å². The second-order valence-corrected chi connectivity index (χ2v) is 11.6. The van der Waals surface area contributed by atoms with Gasteiger partial charge in [0.25, 0.3) is 5.92 Å². The van der Waals surface area contributed by atoms with Gasteiger partial charge in [-0.15, -0.1) is 0 Å². The number of para-hydroxylation sites is 1. The minimum absolute atomic E-state index is 0.0403. The Morgan fingerprint density at radius 3 is 2.41 bits per heavy atom. The largest absolute Gasteiger partial charge is 0.493 e. The number of hydrogen-bond donors (Lipinski definition) is 1. The normalized spacial score (nSPS) is 17.6. The van der Waals surface area contributed by atoms with Gasteiger partial charge in [-0.3, -0.25) is 4.90 Å². The van der Waals surface area contributed by atoms with E-state index >= 15 is 8.78 Å². The van der Waals surface area contributed by atoms with Crippen molar-refractivity contribution in [1.29, 1.82) is 0 Å². The highest BCUT2D eigenvalue weighted by Gasteiger charge is 2.41. The second-order valence-electron chi connectivity index (χ2n) is 11.6. The van der Waals surface area contributed by atoms with E-state index in [0.29, 0.717) is 12.1 Å². The van der Waals surface area contributed by atoms with Crippen molar-refractivity contribution in [2.45, 2.75) is 64.2 Å². The Bertz CT molecular complexity index is 1400. The lowest BCUT2D eigenvalue weighted by molar-refractivity contribution is -0.157. The number of esters is 1. The minimum atomic E-state index is -3.32. The van der Waals surface area contributed by atoms with Crippen molar-refractivity contribution in [2.24, 2.45) is 0 Å². The fraction of sp³-hybridized carbons (Fsp3) is 0.531. The molecule has 0 amide bonds. The van der Waals surface area contributed by atoms with Gasteiger partial charge >= 0.3 is 5.97 Å². The van der Waals surface area contributed by atoms with Crippen LogP contribution in [0.3, 0.4) is 0 Å². The Balaban J connectivity index is 1.40. The molecule has 2 aromatic carbocycles. The first kappa shape index (κ1) is 33.7. The molecule has 0 aliphatic carbocycles. The Morgan fingerprint density at radius 1 is 1.05 bits per heavy atom. The minimum Gasteiger partial charge on any atom is -0.493 e. The number of carbonyl (C=O) groups excluding carboxylic acids is 1. The fourth-order valence-electron chi connectivity index (χ4n) is 5.50. The third-order valence-electron chi connectivity index (χ3n) is 7.26. The molecule has 0 saturated carbocycles. The fourth-order valence-corrected chi connectivity index (χ4v) is 5.50. The molecule has 242 valence electrons. The van der Waals surface area contributed by atoms with Crippen LogP contribution in [0.2, 0.25) is 0 Å². The van der Waals surface area contributed by atoms with Crippen molar-refractivity contribution < 1.29 is 45.7 Å². The van der Waals surface area contributed by atoms with Crippen molar-refractivity contribution in [2.75, 3.05) is 46.2 Å². The molecule has 44 heavy (non-hydrogen) atoms. The standard InChI is InChI=1S/C32H39F5N2O5/c1-5-43-27(40)16-42-19-32(36,37)18-41-11-8-12-44-21-14-24(33)28(25(34)15-21)30-29-23(22-9-6-7-10-26(22)38-29)13-20(2)39(30)17-31(3,4)35/h6-7,9-10,14-15,20,30,38H,5,8,11-13,16-19H2,1-4H3/t20-,30-/m1/s1. The number of hydrogen-bond acceptors (Lipinski definition) is 6. The molecule has 0 unspecified atom stereocenters. The van der Waals surface area contributed by atoms with Gasteiger partial charge in [-0.25, -0.2) is 26.7 Å². The number of nitrogens with one attached hydrogen (secondary N) is 1. The molecular formula is C32H39F5N2O5. The van der Waals surface area contributed by atoms with Crippen LogP contribution in [0.15, 0.2) is 36.4 Å². The number of fused-ring (bicyclic) bond motifs is 3. The third-order valence-corrected chi connectivity index (χ3v) is 7.26. The molecular weight excluding hydrogens is 587 g/mol. The summed E-state index contributed by atoms with van der Waals surface area (Å²) in [5.74, 6) is -5.81. The Kier molecular flexibility index (Phi) is 10.9. The third kappa shape index (κ3) is 8.48. The van der Waals surface area contributed by atoms with Gasteiger partial charge in [-0.2, -0.15) is 0 Å². The summed E-state index contributed by atoms with van der Waals surface area (Å²) in [6.07, 6.45) is 0.758. The number of carbonyl (C=O) groups is 1. The maximum Gasteiger partial charge on any atom is 0.332 e. The Morgan fingerprint density at radius 2 is 1.73 bits per heavy atom. The average molecular weight is 627 g/mol. The Labute approximate surface area is 253 Å². The van der Waals surface area contributed by atoms with Gasteiger partial charge in [-0.05, 0) is 45.7 Å². The van der Waals surface area contributed by atoms with Crippen LogP contribution in [0.4, 0.5) is 22.0 Å². The number of halogens is 5. The summed E-state index contributed by atoms with van der Waals surface area (Å²) in [5.41, 5.74) is 0.576. The quantitative estimate of drug-likeness (QED) is 0.118. The topological polar surface area (TPSA) is 73.0 Å². The van der Waals surface area contributed by atoms with Gasteiger partial charge < -0.3 is 23.9 Å². The van der Waals surface area contributed by atoms with E-state index in [0.717, 1.165) is 28.6 Å². The molecule has 1 aliphatic rings. The predicted octanol–water partition coefficient (Wildman–Crippen LogP) is 6.53. The summed E-state index contributed by atoms with van der Waals surface area (Å²) < 4.78 is 93.9. The summed E-state index contributed by atoms with van der Waals surface area (Å²) in [7, 11) is 0. The van der Waals surface area contributed by atoms with Crippen molar-refractivity contribution in [3.8, 4) is 5.75 Å². The molecule has 1 aliphatic heterocycles. The van der Waals surface area contributed by atoms with E-state index in [-0.39, 0.29) is 50.1 Å². The number of benzene rings is 2. The van der Waals surface area contributed by atoms with Crippen LogP contribution < -0.4 is 4.74 Å². The first-order chi connectivity index (χ1) is 20.8. The van der Waals surface area contributed by atoms with Crippen molar-refractivity contribution >= 4 is 16.9 Å². The van der Waals surface area contributed by atoms with Gasteiger partial charge in [-0.1, -0.05) is 18.2 Å². The van der Waals surface area contributed by atoms with E-state index in [4.69, 9.17) is 9.47 Å². The van der Waals surface area contributed by atoms with Crippen molar-refractivity contribution in [3.63, 3.8) is 0 Å². The summed E-state index contributed by atoms with van der Waals surface area (Å²) in [6.45, 7) is 3.79. The number of aromatic amines is 1. The highest BCUT2D eigenvalue weighted by Crippen LogP contribution is 2.43. The number of nitrogens with zero attached hydrogens (tertiary/aromatic N) is 1. The van der Waals surface area contributed by atoms with Crippen molar-refractivity contribution in [3.05, 3.63) is 64.9 Å². The van der Waals surface area contributed by atoms with Gasteiger partial charge in [0.2, 0.25) is 0 Å². The van der Waals surface area contributed by atoms with Crippen LogP contribution in [0, 0.1) is 11.6 Å². The number of H-pyrrole nitrogens is 1. The van der Waals surface area contributed by atoms with E-state index in [9.17, 15) is 18.0 Å². The summed E-state index contributed by atoms with van der Waals surface area (Å²) >= 11 is 0. The molecule has 2 atom stereocenters. The Hall–Kier alpha value is -3.22. The molecule has 0 spiro atoms. The molecule has 3 aromatic rings. The average Bonchev–Trinajstić information content (AvgIpc) is 3.29. The smallest absolute Gasteiger partial charge is 0.332 e. The van der Waals surface area contributed by atoms with Gasteiger partial charge in [0.15, 0.2) is 0 Å². The van der Waals surface area contributed by atoms with Gasteiger partial charge in [0.1, 0.15) is 42.9 Å². The number of alkyl halides is 3. The molecule has 7 nitrogen and oxygen atoms in total. The lowest BCUT2D eigenvalue weighted by Crippen LogP contribution is -2.48. The zero-order valence-corrected chi connectivity index (χ0v) is 25.4. The molecule has 4 rings (SSSR count). The number of rotatable bonds is 15. The monoisotopic (exact) mass is 626 g/mol. The molecule has 0 bridgehead atoms. The predicted molar refractivity (Wildman–Crippen MR) is 155 cm³/mol. The molecule has 2 heterocycles. The van der Waals surface area contributed by atoms with Crippen molar-refractivity contribution in [1.82, 2.24) is 9.88 Å². The molecule has 0 fully saturated rings. The number of aromatic nitrogens is 1. The van der Waals surface area contributed by atoms with E-state index in [1.165, 1.54) is 13.8 Å². The maximum absolute atomic E-state index is 15.7. The molecule has 0 saturated heterocycles. The van der Waals surface area contributed by atoms with Crippen LogP contribution in [-0.4, -0.2) is 79.7 Å². The van der Waals surface area contributed by atoms with E-state index in [1.807, 2.05) is 31.2 Å². The van der Waals surface area contributed by atoms with Crippen LogP contribution in [0.5, 0.6) is 5.75 Å².